The molecule has 3 aromatic carbocycles. The summed E-state index contributed by atoms with van der Waals surface area (Å²) in [4.78, 5) is 12.2. The fraction of sp³-hybridized carbons (Fsp3) is 0.120. The monoisotopic (exact) mass is 494 g/mol. The fourth-order valence-electron chi connectivity index (χ4n) is 3.74. The molecule has 0 spiro atoms. The van der Waals surface area contributed by atoms with Crippen LogP contribution in [0.25, 0.3) is 10.9 Å². The number of amides is 1. The maximum atomic E-state index is 12.2. The number of rotatable bonds is 7. The second-order valence-electron chi connectivity index (χ2n) is 7.68. The van der Waals surface area contributed by atoms with Crippen LogP contribution in [0.2, 0.25) is 10.0 Å². The molecule has 0 saturated heterocycles. The van der Waals surface area contributed by atoms with Gasteiger partial charge in [0.25, 0.3) is 5.91 Å². The quantitative estimate of drug-likeness (QED) is 0.270. The van der Waals surface area contributed by atoms with E-state index in [-0.39, 0.29) is 19.2 Å². The third kappa shape index (κ3) is 4.81. The zero-order valence-corrected chi connectivity index (χ0v) is 19.4. The molecule has 1 aliphatic rings. The molecule has 2 heterocycles. The number of hydrazone groups is 1. The van der Waals surface area contributed by atoms with Crippen LogP contribution >= 0.6 is 23.2 Å². The molecule has 1 aromatic heterocycles. The highest BCUT2D eigenvalue weighted by atomic mass is 35.5. The summed E-state index contributed by atoms with van der Waals surface area (Å²) < 4.78 is 12.7. The molecular weight excluding hydrogens is 475 g/mol. The van der Waals surface area contributed by atoms with Crippen molar-refractivity contribution in [1.29, 1.82) is 0 Å². The Kier molecular flexibility index (Phi) is 6.29. The number of carbonyl (C=O) groups is 1. The zero-order chi connectivity index (χ0) is 23.5. The number of fused-ring (bicyclic) bond motifs is 2. The summed E-state index contributed by atoms with van der Waals surface area (Å²) in [5.41, 5.74) is 6.19. The molecule has 34 heavy (non-hydrogen) atoms. The Labute approximate surface area is 205 Å². The summed E-state index contributed by atoms with van der Waals surface area (Å²) in [6, 6.07) is 18.9. The van der Waals surface area contributed by atoms with E-state index in [9.17, 15) is 4.79 Å². The molecule has 0 atom stereocenters. The Morgan fingerprint density at radius 1 is 1.06 bits per heavy atom. The number of aromatic nitrogens is 1. The second kappa shape index (κ2) is 9.67. The fourth-order valence-corrected chi connectivity index (χ4v) is 4.21. The highest BCUT2D eigenvalue weighted by Crippen LogP contribution is 2.34. The van der Waals surface area contributed by atoms with Crippen LogP contribution in [0.4, 0.5) is 5.69 Å². The number of halogens is 2. The third-order valence-electron chi connectivity index (χ3n) is 5.39. The van der Waals surface area contributed by atoms with Gasteiger partial charge in [0, 0.05) is 51.0 Å². The average Bonchev–Trinajstić information content (AvgIpc) is 3.44. The first kappa shape index (κ1) is 22.1. The molecule has 0 saturated carbocycles. The SMILES string of the molecule is O=C(CNc1ccc2c(c1)OCO2)N/N=C\c1cn(Cc2ccc(Cl)cc2Cl)c2ccccc12. The largest absolute Gasteiger partial charge is 0.454 e. The standard InChI is InChI=1S/C25H20Cl2N4O3/c26-18-6-5-16(21(27)9-18)13-31-14-17(20-3-1-2-4-22(20)31)11-29-30-25(32)12-28-19-7-8-23-24(10-19)34-15-33-23/h1-11,14,28H,12-13,15H2,(H,30,32)/b29-11-. The summed E-state index contributed by atoms with van der Waals surface area (Å²) in [6.07, 6.45) is 3.62. The van der Waals surface area contributed by atoms with E-state index in [1.54, 1.807) is 24.4 Å². The van der Waals surface area contributed by atoms with Crippen molar-refractivity contribution in [2.75, 3.05) is 18.7 Å². The number of benzene rings is 3. The Balaban J connectivity index is 1.25. The van der Waals surface area contributed by atoms with Crippen LogP contribution in [0, 0.1) is 0 Å². The minimum absolute atomic E-state index is 0.0633. The highest BCUT2D eigenvalue weighted by molar-refractivity contribution is 6.35. The number of ether oxygens (including phenoxy) is 2. The second-order valence-corrected chi connectivity index (χ2v) is 8.52. The minimum atomic E-state index is -0.273. The molecule has 0 unspecified atom stereocenters. The van der Waals surface area contributed by atoms with E-state index in [1.807, 2.05) is 48.7 Å². The van der Waals surface area contributed by atoms with Gasteiger partial charge in [-0.2, -0.15) is 5.10 Å². The van der Waals surface area contributed by atoms with Crippen LogP contribution in [0.15, 0.2) is 72.0 Å². The molecule has 1 aliphatic heterocycles. The van der Waals surface area contributed by atoms with E-state index in [2.05, 4.69) is 20.4 Å². The number of anilines is 1. The van der Waals surface area contributed by atoms with E-state index < -0.39 is 0 Å². The van der Waals surface area contributed by atoms with Gasteiger partial charge in [0.1, 0.15) is 0 Å². The Hall–Kier alpha value is -3.68. The van der Waals surface area contributed by atoms with Gasteiger partial charge in [-0.1, -0.05) is 47.5 Å². The molecule has 1 amide bonds. The molecule has 9 heteroatoms. The Bertz CT molecular complexity index is 1400. The van der Waals surface area contributed by atoms with Crippen LogP contribution < -0.4 is 20.2 Å². The number of para-hydroxylation sites is 1. The van der Waals surface area contributed by atoms with Crippen LogP contribution in [0.3, 0.4) is 0 Å². The molecule has 5 rings (SSSR count). The van der Waals surface area contributed by atoms with Gasteiger partial charge >= 0.3 is 0 Å². The normalized spacial score (nSPS) is 12.4. The van der Waals surface area contributed by atoms with E-state index in [0.29, 0.717) is 28.1 Å². The smallest absolute Gasteiger partial charge is 0.259 e. The summed E-state index contributed by atoms with van der Waals surface area (Å²) in [5.74, 6) is 1.07. The predicted molar refractivity (Wildman–Crippen MR) is 134 cm³/mol. The van der Waals surface area contributed by atoms with Gasteiger partial charge in [0.05, 0.1) is 12.8 Å². The van der Waals surface area contributed by atoms with Crippen molar-refractivity contribution in [3.05, 3.63) is 88.0 Å². The molecular formula is C25H20Cl2N4O3. The van der Waals surface area contributed by atoms with Crippen molar-refractivity contribution in [2.45, 2.75) is 6.54 Å². The first-order valence-electron chi connectivity index (χ1n) is 10.5. The summed E-state index contributed by atoms with van der Waals surface area (Å²) >= 11 is 12.4. The van der Waals surface area contributed by atoms with Crippen LogP contribution in [-0.2, 0) is 11.3 Å². The van der Waals surface area contributed by atoms with Gasteiger partial charge in [0.2, 0.25) is 6.79 Å². The Morgan fingerprint density at radius 2 is 1.91 bits per heavy atom. The van der Waals surface area contributed by atoms with E-state index >= 15 is 0 Å². The number of nitrogens with zero attached hydrogens (tertiary/aromatic N) is 2. The molecule has 0 fully saturated rings. The van der Waals surface area contributed by atoms with Gasteiger partial charge in [-0.15, -0.1) is 0 Å². The van der Waals surface area contributed by atoms with Crippen molar-refractivity contribution in [1.82, 2.24) is 9.99 Å². The van der Waals surface area contributed by atoms with E-state index in [1.165, 1.54) is 0 Å². The van der Waals surface area contributed by atoms with Crippen molar-refractivity contribution >= 4 is 51.9 Å². The third-order valence-corrected chi connectivity index (χ3v) is 5.98. The van der Waals surface area contributed by atoms with Gasteiger partial charge in [-0.05, 0) is 35.9 Å². The van der Waals surface area contributed by atoms with Crippen molar-refractivity contribution in [3.63, 3.8) is 0 Å². The van der Waals surface area contributed by atoms with Crippen molar-refractivity contribution in [2.24, 2.45) is 5.10 Å². The lowest BCUT2D eigenvalue weighted by Gasteiger charge is -2.08. The first-order valence-corrected chi connectivity index (χ1v) is 11.3. The number of carbonyl (C=O) groups excluding carboxylic acids is 1. The van der Waals surface area contributed by atoms with Crippen LogP contribution in [-0.4, -0.2) is 30.0 Å². The number of hydrogen-bond donors (Lipinski definition) is 2. The molecule has 4 aromatic rings. The molecule has 2 N–H and O–H groups in total. The van der Waals surface area contributed by atoms with Crippen LogP contribution in [0.5, 0.6) is 11.5 Å². The summed E-state index contributed by atoms with van der Waals surface area (Å²) in [7, 11) is 0. The summed E-state index contributed by atoms with van der Waals surface area (Å²) in [6.45, 7) is 0.848. The zero-order valence-electron chi connectivity index (χ0n) is 17.9. The average molecular weight is 495 g/mol. The van der Waals surface area contributed by atoms with E-state index in [0.717, 1.165) is 27.7 Å². The molecule has 0 bridgehead atoms. The first-order chi connectivity index (χ1) is 16.6. The molecule has 0 aliphatic carbocycles. The lowest BCUT2D eigenvalue weighted by molar-refractivity contribution is -0.119. The molecule has 172 valence electrons. The summed E-state index contributed by atoms with van der Waals surface area (Å²) in [5, 5.41) is 9.42. The maximum absolute atomic E-state index is 12.2. The van der Waals surface area contributed by atoms with Gasteiger partial charge in [-0.25, -0.2) is 5.43 Å². The minimum Gasteiger partial charge on any atom is -0.454 e. The lowest BCUT2D eigenvalue weighted by Crippen LogP contribution is -2.25. The maximum Gasteiger partial charge on any atom is 0.259 e. The van der Waals surface area contributed by atoms with Crippen LogP contribution in [0.1, 0.15) is 11.1 Å². The van der Waals surface area contributed by atoms with E-state index in [4.69, 9.17) is 32.7 Å². The topological polar surface area (TPSA) is 76.9 Å². The van der Waals surface area contributed by atoms with Crippen molar-refractivity contribution < 1.29 is 14.3 Å². The molecule has 0 radical (unpaired) electrons. The molecule has 7 nitrogen and oxygen atoms in total. The van der Waals surface area contributed by atoms with Gasteiger partial charge in [0.15, 0.2) is 11.5 Å². The van der Waals surface area contributed by atoms with Gasteiger partial charge in [-0.3, -0.25) is 4.79 Å². The lowest BCUT2D eigenvalue weighted by atomic mass is 10.2. The predicted octanol–water partition coefficient (Wildman–Crippen LogP) is 5.29. The van der Waals surface area contributed by atoms with Crippen molar-refractivity contribution in [3.8, 4) is 11.5 Å². The number of hydrogen-bond acceptors (Lipinski definition) is 5. The van der Waals surface area contributed by atoms with Gasteiger partial charge < -0.3 is 19.4 Å². The number of nitrogens with one attached hydrogen (secondary N) is 2. The Morgan fingerprint density at radius 3 is 2.79 bits per heavy atom. The highest BCUT2D eigenvalue weighted by Gasteiger charge is 2.13.